The number of rotatable bonds is 6. The summed E-state index contributed by atoms with van der Waals surface area (Å²) in [5.41, 5.74) is 1.80. The topological polar surface area (TPSA) is 73.0 Å². The number of benzene rings is 1. The number of carbonyl (C=O) groups is 3. The molecule has 0 aromatic heterocycles. The number of carbonyl (C=O) groups excluding carboxylic acids is 3. The molecule has 0 bridgehead atoms. The van der Waals surface area contributed by atoms with Crippen LogP contribution in [0.1, 0.15) is 17.3 Å². The van der Waals surface area contributed by atoms with E-state index in [1.165, 1.54) is 4.90 Å². The van der Waals surface area contributed by atoms with E-state index in [4.69, 9.17) is 0 Å². The first-order valence-corrected chi connectivity index (χ1v) is 8.42. The van der Waals surface area contributed by atoms with Crippen LogP contribution >= 0.6 is 0 Å². The third-order valence-electron chi connectivity index (χ3n) is 4.31. The minimum absolute atomic E-state index is 0.0360. The lowest BCUT2D eigenvalue weighted by atomic mass is 10.1. The summed E-state index contributed by atoms with van der Waals surface area (Å²) in [7, 11) is 3.33. The average Bonchev–Trinajstić information content (AvgIpc) is 2.60. The lowest BCUT2D eigenvalue weighted by Gasteiger charge is -2.35. The van der Waals surface area contributed by atoms with Crippen LogP contribution in [0.3, 0.4) is 0 Å². The molecule has 25 heavy (non-hydrogen) atoms. The molecule has 7 heteroatoms. The van der Waals surface area contributed by atoms with Crippen LogP contribution in [0.25, 0.3) is 0 Å². The number of nitrogens with zero attached hydrogens (tertiary/aromatic N) is 3. The molecule has 0 radical (unpaired) electrons. The Labute approximate surface area is 148 Å². The van der Waals surface area contributed by atoms with Crippen LogP contribution < -0.4 is 10.2 Å². The number of likely N-dealkylation sites (N-methyl/N-ethyl adjacent to an activating group) is 1. The van der Waals surface area contributed by atoms with E-state index >= 15 is 0 Å². The van der Waals surface area contributed by atoms with E-state index in [1.54, 1.807) is 21.0 Å². The third kappa shape index (κ3) is 5.56. The highest BCUT2D eigenvalue weighted by Gasteiger charge is 2.19. The molecule has 0 unspecified atom stereocenters. The molecule has 2 rings (SSSR count). The van der Waals surface area contributed by atoms with Gasteiger partial charge in [0.1, 0.15) is 0 Å². The van der Waals surface area contributed by atoms with Crippen LogP contribution in [0, 0.1) is 0 Å². The van der Waals surface area contributed by atoms with Crippen molar-refractivity contribution in [3.05, 3.63) is 29.8 Å². The second kappa shape index (κ2) is 8.62. The van der Waals surface area contributed by atoms with Crippen molar-refractivity contribution >= 4 is 23.3 Å². The van der Waals surface area contributed by atoms with Crippen molar-refractivity contribution in [2.75, 3.05) is 58.3 Å². The summed E-state index contributed by atoms with van der Waals surface area (Å²) in [6.45, 7) is 5.11. The standard InChI is InChI=1S/C18H26N4O3/c1-14(23)15-4-6-16(7-5-15)22-10-8-21(9-11-22)13-17(24)19-12-18(25)20(2)3/h4-7H,8-13H2,1-3H3,(H,19,24). The van der Waals surface area contributed by atoms with Gasteiger partial charge in [-0.25, -0.2) is 0 Å². The average molecular weight is 346 g/mol. The first-order valence-electron chi connectivity index (χ1n) is 8.42. The molecule has 0 spiro atoms. The first kappa shape index (κ1) is 18.9. The molecule has 1 N–H and O–H groups in total. The van der Waals surface area contributed by atoms with Gasteiger partial charge in [-0.15, -0.1) is 0 Å². The summed E-state index contributed by atoms with van der Waals surface area (Å²) < 4.78 is 0. The maximum Gasteiger partial charge on any atom is 0.241 e. The lowest BCUT2D eigenvalue weighted by molar-refractivity contribution is -0.131. The van der Waals surface area contributed by atoms with Gasteiger partial charge in [-0.05, 0) is 31.2 Å². The fourth-order valence-electron chi connectivity index (χ4n) is 2.66. The molecule has 1 saturated heterocycles. The zero-order chi connectivity index (χ0) is 18.4. The van der Waals surface area contributed by atoms with Crippen molar-refractivity contribution in [1.29, 1.82) is 0 Å². The number of hydrogen-bond acceptors (Lipinski definition) is 5. The molecule has 0 aliphatic carbocycles. The molecule has 1 aromatic rings. The SMILES string of the molecule is CC(=O)c1ccc(N2CCN(CC(=O)NCC(=O)N(C)C)CC2)cc1. The third-order valence-corrected chi connectivity index (χ3v) is 4.31. The van der Waals surface area contributed by atoms with Crippen molar-refractivity contribution in [3.8, 4) is 0 Å². The van der Waals surface area contributed by atoms with Gasteiger partial charge in [0.15, 0.2) is 5.78 Å². The van der Waals surface area contributed by atoms with Gasteiger partial charge in [0.2, 0.25) is 11.8 Å². The van der Waals surface area contributed by atoms with Crippen molar-refractivity contribution in [3.63, 3.8) is 0 Å². The summed E-state index contributed by atoms with van der Waals surface area (Å²) >= 11 is 0. The smallest absolute Gasteiger partial charge is 0.241 e. The Kier molecular flexibility index (Phi) is 6.52. The van der Waals surface area contributed by atoms with Gasteiger partial charge in [-0.1, -0.05) is 0 Å². The second-order valence-electron chi connectivity index (χ2n) is 6.43. The fraction of sp³-hybridized carbons (Fsp3) is 0.500. The minimum atomic E-state index is -0.130. The van der Waals surface area contributed by atoms with Gasteiger partial charge in [0, 0.05) is 51.5 Å². The van der Waals surface area contributed by atoms with Crippen LogP contribution in [0.15, 0.2) is 24.3 Å². The van der Waals surface area contributed by atoms with Crippen molar-refractivity contribution in [2.45, 2.75) is 6.92 Å². The zero-order valence-electron chi connectivity index (χ0n) is 15.1. The predicted octanol–water partition coefficient (Wildman–Crippen LogP) is 0.216. The minimum Gasteiger partial charge on any atom is -0.369 e. The van der Waals surface area contributed by atoms with Gasteiger partial charge in [-0.2, -0.15) is 0 Å². The van der Waals surface area contributed by atoms with Gasteiger partial charge in [0.05, 0.1) is 13.1 Å². The Balaban J connectivity index is 1.76. The number of anilines is 1. The highest BCUT2D eigenvalue weighted by Crippen LogP contribution is 2.17. The molecule has 1 aliphatic heterocycles. The highest BCUT2D eigenvalue weighted by atomic mass is 16.2. The molecule has 2 amide bonds. The van der Waals surface area contributed by atoms with Crippen molar-refractivity contribution in [1.82, 2.24) is 15.1 Å². The Morgan fingerprint density at radius 3 is 2.16 bits per heavy atom. The predicted molar refractivity (Wildman–Crippen MR) is 96.8 cm³/mol. The Bertz CT molecular complexity index is 620. The molecule has 7 nitrogen and oxygen atoms in total. The monoisotopic (exact) mass is 346 g/mol. The molecule has 0 atom stereocenters. The summed E-state index contributed by atoms with van der Waals surface area (Å²) in [6.07, 6.45) is 0. The highest BCUT2D eigenvalue weighted by molar-refractivity contribution is 5.94. The number of amides is 2. The second-order valence-corrected chi connectivity index (χ2v) is 6.43. The van der Waals surface area contributed by atoms with E-state index in [-0.39, 0.29) is 24.1 Å². The van der Waals surface area contributed by atoms with Gasteiger partial charge >= 0.3 is 0 Å². The Morgan fingerprint density at radius 1 is 1.04 bits per heavy atom. The molecule has 0 saturated carbocycles. The number of ketones is 1. The molecular formula is C18H26N4O3. The van der Waals surface area contributed by atoms with E-state index in [0.717, 1.165) is 31.9 Å². The number of hydrogen-bond donors (Lipinski definition) is 1. The number of piperazine rings is 1. The maximum atomic E-state index is 11.9. The van der Waals surface area contributed by atoms with E-state index in [1.807, 2.05) is 24.3 Å². The van der Waals surface area contributed by atoms with E-state index in [9.17, 15) is 14.4 Å². The van der Waals surface area contributed by atoms with Gasteiger partial charge in [-0.3, -0.25) is 19.3 Å². The Morgan fingerprint density at radius 2 is 1.64 bits per heavy atom. The normalized spacial score (nSPS) is 14.9. The van der Waals surface area contributed by atoms with Crippen LogP contribution in [0.2, 0.25) is 0 Å². The molecule has 1 aliphatic rings. The van der Waals surface area contributed by atoms with Crippen LogP contribution in [-0.2, 0) is 9.59 Å². The molecular weight excluding hydrogens is 320 g/mol. The quantitative estimate of drug-likeness (QED) is 0.746. The molecule has 1 heterocycles. The largest absolute Gasteiger partial charge is 0.369 e. The molecule has 1 fully saturated rings. The summed E-state index contributed by atoms with van der Waals surface area (Å²) in [5.74, 6) is -0.184. The van der Waals surface area contributed by atoms with Crippen LogP contribution in [0.4, 0.5) is 5.69 Å². The fourth-order valence-corrected chi connectivity index (χ4v) is 2.66. The van der Waals surface area contributed by atoms with Gasteiger partial charge in [0.25, 0.3) is 0 Å². The van der Waals surface area contributed by atoms with Gasteiger partial charge < -0.3 is 15.1 Å². The van der Waals surface area contributed by atoms with E-state index in [2.05, 4.69) is 15.1 Å². The summed E-state index contributed by atoms with van der Waals surface area (Å²) in [5, 5.41) is 2.65. The number of nitrogens with one attached hydrogen (secondary N) is 1. The maximum absolute atomic E-state index is 11.9. The van der Waals surface area contributed by atoms with E-state index in [0.29, 0.717) is 12.1 Å². The Hall–Kier alpha value is -2.41. The lowest BCUT2D eigenvalue weighted by Crippen LogP contribution is -2.50. The van der Waals surface area contributed by atoms with Crippen LogP contribution in [-0.4, -0.2) is 80.8 Å². The number of Topliss-reactive ketones (excluding diaryl/α,β-unsaturated/α-hetero) is 1. The molecule has 136 valence electrons. The van der Waals surface area contributed by atoms with Crippen molar-refractivity contribution in [2.24, 2.45) is 0 Å². The summed E-state index contributed by atoms with van der Waals surface area (Å²) in [6, 6.07) is 7.62. The first-order chi connectivity index (χ1) is 11.9. The van der Waals surface area contributed by atoms with Crippen molar-refractivity contribution < 1.29 is 14.4 Å². The zero-order valence-corrected chi connectivity index (χ0v) is 15.1. The van der Waals surface area contributed by atoms with E-state index < -0.39 is 0 Å². The summed E-state index contributed by atoms with van der Waals surface area (Å²) in [4.78, 5) is 40.5. The molecule has 1 aromatic carbocycles. The van der Waals surface area contributed by atoms with Crippen LogP contribution in [0.5, 0.6) is 0 Å².